The van der Waals surface area contributed by atoms with Gasteiger partial charge in [-0.05, 0) is 41.0 Å². The van der Waals surface area contributed by atoms with Crippen molar-refractivity contribution in [2.24, 2.45) is 5.84 Å². The molecule has 1 amide bonds. The van der Waals surface area contributed by atoms with Gasteiger partial charge in [-0.15, -0.1) is 0 Å². The van der Waals surface area contributed by atoms with Gasteiger partial charge in [0.1, 0.15) is 0 Å². The van der Waals surface area contributed by atoms with Gasteiger partial charge in [0.2, 0.25) is 0 Å². The molecule has 0 fully saturated rings. The largest absolute Gasteiger partial charge is 0.360 e. The molecule has 7 heteroatoms. The van der Waals surface area contributed by atoms with E-state index in [-0.39, 0.29) is 4.90 Å². The molecule has 4 N–H and O–H groups in total. The Morgan fingerprint density at radius 2 is 1.62 bits per heavy atom. The van der Waals surface area contributed by atoms with Gasteiger partial charge < -0.3 is 4.98 Å². The first-order chi connectivity index (χ1) is 13.9. The zero-order valence-electron chi connectivity index (χ0n) is 15.6. The van der Waals surface area contributed by atoms with Crippen LogP contribution in [0.5, 0.6) is 0 Å². The van der Waals surface area contributed by atoms with Crippen LogP contribution < -0.4 is 11.3 Å². The highest BCUT2D eigenvalue weighted by atomic mass is 32.2. The lowest BCUT2D eigenvalue weighted by Gasteiger charge is -2.09. The monoisotopic (exact) mass is 405 g/mol. The van der Waals surface area contributed by atoms with Crippen molar-refractivity contribution in [1.29, 1.82) is 0 Å². The summed E-state index contributed by atoms with van der Waals surface area (Å²) in [7, 11) is -3.27. The number of hydrogen-bond acceptors (Lipinski definition) is 4. The molecular weight excluding hydrogens is 386 g/mol. The van der Waals surface area contributed by atoms with Crippen molar-refractivity contribution in [2.75, 3.05) is 6.26 Å². The molecule has 0 aliphatic rings. The zero-order valence-corrected chi connectivity index (χ0v) is 16.5. The summed E-state index contributed by atoms with van der Waals surface area (Å²) >= 11 is 0. The van der Waals surface area contributed by atoms with Gasteiger partial charge in [0, 0.05) is 23.4 Å². The standard InChI is InChI=1S/C22H19N3O3S/c1-29(27,28)17-9-7-15(8-10-17)20-13-24-21-18(20)11-16(12-19(21)22(26)25-23)14-5-3-2-4-6-14/h2-13,24H,23H2,1H3,(H,25,26). The van der Waals surface area contributed by atoms with Crippen LogP contribution in [0, 0.1) is 0 Å². The second-order valence-electron chi connectivity index (χ2n) is 6.78. The first-order valence-corrected chi connectivity index (χ1v) is 10.8. The van der Waals surface area contributed by atoms with Crippen molar-refractivity contribution < 1.29 is 13.2 Å². The quantitative estimate of drug-likeness (QED) is 0.274. The Morgan fingerprint density at radius 1 is 0.931 bits per heavy atom. The zero-order chi connectivity index (χ0) is 20.6. The molecule has 1 heterocycles. The molecule has 0 unspecified atom stereocenters. The van der Waals surface area contributed by atoms with Crippen LogP contribution in [0.25, 0.3) is 33.2 Å². The number of H-pyrrole nitrogens is 1. The summed E-state index contributed by atoms with van der Waals surface area (Å²) in [6.45, 7) is 0. The third kappa shape index (κ3) is 3.53. The Morgan fingerprint density at radius 3 is 2.24 bits per heavy atom. The molecule has 146 valence electrons. The lowest BCUT2D eigenvalue weighted by atomic mass is 9.96. The Bertz CT molecular complexity index is 1310. The number of carbonyl (C=O) groups is 1. The van der Waals surface area contributed by atoms with Gasteiger partial charge in [0.15, 0.2) is 9.84 Å². The van der Waals surface area contributed by atoms with Crippen LogP contribution in [-0.4, -0.2) is 25.6 Å². The minimum absolute atomic E-state index is 0.259. The molecule has 4 aromatic rings. The molecule has 0 saturated heterocycles. The van der Waals surface area contributed by atoms with Gasteiger partial charge in [-0.3, -0.25) is 10.2 Å². The fourth-order valence-electron chi connectivity index (χ4n) is 3.41. The van der Waals surface area contributed by atoms with Crippen LogP contribution in [0.15, 0.2) is 77.8 Å². The molecular formula is C22H19N3O3S. The molecule has 4 rings (SSSR count). The number of benzene rings is 3. The number of aromatic amines is 1. The highest BCUT2D eigenvalue weighted by Gasteiger charge is 2.17. The molecule has 6 nitrogen and oxygen atoms in total. The average molecular weight is 405 g/mol. The van der Waals surface area contributed by atoms with E-state index in [9.17, 15) is 13.2 Å². The smallest absolute Gasteiger partial charge is 0.267 e. The van der Waals surface area contributed by atoms with Gasteiger partial charge >= 0.3 is 0 Å². The van der Waals surface area contributed by atoms with Crippen molar-refractivity contribution in [3.05, 3.63) is 78.5 Å². The highest BCUT2D eigenvalue weighted by Crippen LogP contribution is 2.34. The van der Waals surface area contributed by atoms with Gasteiger partial charge in [-0.25, -0.2) is 14.3 Å². The summed E-state index contributed by atoms with van der Waals surface area (Å²) in [5, 5.41) is 0.844. The van der Waals surface area contributed by atoms with Gasteiger partial charge in [0.05, 0.1) is 16.0 Å². The van der Waals surface area contributed by atoms with Crippen LogP contribution in [-0.2, 0) is 9.84 Å². The lowest BCUT2D eigenvalue weighted by Crippen LogP contribution is -2.30. The van der Waals surface area contributed by atoms with Crippen LogP contribution in [0.3, 0.4) is 0 Å². The summed E-state index contributed by atoms with van der Waals surface area (Å²) in [5.41, 5.74) is 6.85. The van der Waals surface area contributed by atoms with Crippen LogP contribution in [0.2, 0.25) is 0 Å². The predicted molar refractivity (Wildman–Crippen MR) is 114 cm³/mol. The molecule has 0 atom stereocenters. The lowest BCUT2D eigenvalue weighted by molar-refractivity contribution is 0.0955. The van der Waals surface area contributed by atoms with Gasteiger partial charge in [0.25, 0.3) is 5.91 Å². The second kappa shape index (κ2) is 7.20. The average Bonchev–Trinajstić information content (AvgIpc) is 3.16. The van der Waals surface area contributed by atoms with Crippen molar-refractivity contribution in [1.82, 2.24) is 10.4 Å². The number of hydrogen-bond donors (Lipinski definition) is 3. The number of nitrogens with one attached hydrogen (secondary N) is 2. The molecule has 0 saturated carbocycles. The fraction of sp³-hybridized carbons (Fsp3) is 0.0455. The number of amides is 1. The molecule has 0 radical (unpaired) electrons. The van der Waals surface area contributed by atoms with E-state index in [0.717, 1.165) is 27.6 Å². The van der Waals surface area contributed by atoms with E-state index < -0.39 is 15.7 Å². The number of carbonyl (C=O) groups excluding carboxylic acids is 1. The Balaban J connectivity index is 1.93. The Hall–Kier alpha value is -3.42. The first-order valence-electron chi connectivity index (χ1n) is 8.90. The first kappa shape index (κ1) is 18.9. The third-order valence-electron chi connectivity index (χ3n) is 4.87. The fourth-order valence-corrected chi connectivity index (χ4v) is 4.04. The van der Waals surface area contributed by atoms with E-state index in [1.54, 1.807) is 30.3 Å². The molecule has 29 heavy (non-hydrogen) atoms. The number of nitrogens with two attached hydrogens (primary N) is 1. The summed E-state index contributed by atoms with van der Waals surface area (Å²) < 4.78 is 23.5. The van der Waals surface area contributed by atoms with E-state index in [2.05, 4.69) is 10.4 Å². The summed E-state index contributed by atoms with van der Waals surface area (Å²) in [6.07, 6.45) is 2.99. The topological polar surface area (TPSA) is 105 Å². The summed E-state index contributed by atoms with van der Waals surface area (Å²) in [6, 6.07) is 20.2. The third-order valence-corrected chi connectivity index (χ3v) is 5.99. The highest BCUT2D eigenvalue weighted by molar-refractivity contribution is 7.90. The van der Waals surface area contributed by atoms with Crippen LogP contribution >= 0.6 is 0 Å². The number of hydrazine groups is 1. The maximum absolute atomic E-state index is 12.4. The predicted octanol–water partition coefficient (Wildman–Crippen LogP) is 3.51. The second-order valence-corrected chi connectivity index (χ2v) is 8.80. The maximum atomic E-state index is 12.4. The minimum Gasteiger partial charge on any atom is -0.360 e. The van der Waals surface area contributed by atoms with Crippen LogP contribution in [0.4, 0.5) is 0 Å². The summed E-state index contributed by atoms with van der Waals surface area (Å²) in [5.74, 6) is 4.99. The SMILES string of the molecule is CS(=O)(=O)c1ccc(-c2c[nH]c3c(C(=O)NN)cc(-c4ccccc4)cc23)cc1. The molecule has 3 aromatic carbocycles. The minimum atomic E-state index is -3.27. The molecule has 0 aliphatic heterocycles. The van der Waals surface area contributed by atoms with Crippen LogP contribution in [0.1, 0.15) is 10.4 Å². The van der Waals surface area contributed by atoms with E-state index in [4.69, 9.17) is 5.84 Å². The number of fused-ring (bicyclic) bond motifs is 1. The van der Waals surface area contributed by atoms with E-state index >= 15 is 0 Å². The maximum Gasteiger partial charge on any atom is 0.267 e. The molecule has 0 bridgehead atoms. The number of aromatic nitrogens is 1. The van der Waals surface area contributed by atoms with Crippen molar-refractivity contribution in [3.63, 3.8) is 0 Å². The van der Waals surface area contributed by atoms with Crippen molar-refractivity contribution in [2.45, 2.75) is 4.90 Å². The Kier molecular flexibility index (Phi) is 4.70. The number of rotatable bonds is 4. The summed E-state index contributed by atoms with van der Waals surface area (Å²) in [4.78, 5) is 15.8. The normalized spacial score (nSPS) is 11.5. The van der Waals surface area contributed by atoms with E-state index in [1.807, 2.05) is 42.6 Å². The number of nitrogen functional groups attached to an aromatic ring is 1. The Labute approximate surface area is 168 Å². The van der Waals surface area contributed by atoms with E-state index in [1.165, 1.54) is 6.26 Å². The number of sulfone groups is 1. The van der Waals surface area contributed by atoms with Crippen molar-refractivity contribution in [3.8, 4) is 22.3 Å². The van der Waals surface area contributed by atoms with Gasteiger partial charge in [-0.2, -0.15) is 0 Å². The van der Waals surface area contributed by atoms with E-state index in [0.29, 0.717) is 11.1 Å². The van der Waals surface area contributed by atoms with Gasteiger partial charge in [-0.1, -0.05) is 42.5 Å². The molecule has 1 aromatic heterocycles. The van der Waals surface area contributed by atoms with Crippen molar-refractivity contribution >= 4 is 26.6 Å². The molecule has 0 aliphatic carbocycles. The molecule has 0 spiro atoms.